The molecular formula is C24H26FN5O. The highest BCUT2D eigenvalue weighted by Gasteiger charge is 2.28. The monoisotopic (exact) mass is 421 g/mol. The first-order valence-electron chi connectivity index (χ1n) is 11.6. The molecule has 0 radical (unpaired) electrons. The maximum absolute atomic E-state index is 14.5. The first-order valence-corrected chi connectivity index (χ1v) is 10.6. The summed E-state index contributed by atoms with van der Waals surface area (Å²) in [7, 11) is 0. The lowest BCUT2D eigenvalue weighted by Crippen LogP contribution is -2.48. The van der Waals surface area contributed by atoms with E-state index in [-0.39, 0.29) is 17.9 Å². The number of hydrogen-bond donors (Lipinski definition) is 3. The fourth-order valence-corrected chi connectivity index (χ4v) is 4.26. The predicted octanol–water partition coefficient (Wildman–Crippen LogP) is 3.18. The summed E-state index contributed by atoms with van der Waals surface area (Å²) < 4.78 is 33.4. The Bertz CT molecular complexity index is 1280. The van der Waals surface area contributed by atoms with Gasteiger partial charge in [0.15, 0.2) is 0 Å². The van der Waals surface area contributed by atoms with Crippen LogP contribution in [0.5, 0.6) is 0 Å². The molecule has 31 heavy (non-hydrogen) atoms. The summed E-state index contributed by atoms with van der Waals surface area (Å²) >= 11 is 0. The number of halogens is 1. The fourth-order valence-electron chi connectivity index (χ4n) is 4.26. The van der Waals surface area contributed by atoms with Crippen LogP contribution >= 0.6 is 0 Å². The Balaban J connectivity index is 1.21. The van der Waals surface area contributed by atoms with Crippen molar-refractivity contribution in [3.05, 3.63) is 78.1 Å². The summed E-state index contributed by atoms with van der Waals surface area (Å²) in [6.07, 6.45) is 7.97. The average molecular weight is 422 g/mol. The Kier molecular flexibility index (Phi) is 4.99. The van der Waals surface area contributed by atoms with Crippen molar-refractivity contribution in [2.75, 3.05) is 0 Å². The normalized spacial score (nSPS) is 23.1. The number of rotatable bonds is 6. The number of aliphatic hydroxyl groups excluding tert-OH is 1. The van der Waals surface area contributed by atoms with Gasteiger partial charge in [0, 0.05) is 75.2 Å². The van der Waals surface area contributed by atoms with Crippen LogP contribution in [-0.4, -0.2) is 37.7 Å². The summed E-state index contributed by atoms with van der Waals surface area (Å²) in [4.78, 5) is 8.45. The van der Waals surface area contributed by atoms with Crippen LogP contribution in [0.2, 0.25) is 0 Å². The molecule has 6 nitrogen and oxygen atoms in total. The highest BCUT2D eigenvalue weighted by molar-refractivity contribution is 5.79. The Morgan fingerprint density at radius 1 is 1.10 bits per heavy atom. The third kappa shape index (κ3) is 4.30. The molecule has 0 spiro atoms. The maximum Gasteiger partial charge on any atom is 0.141 e. The highest BCUT2D eigenvalue weighted by Crippen LogP contribution is 2.22. The van der Waals surface area contributed by atoms with E-state index in [1.165, 1.54) is 6.07 Å². The third-order valence-corrected chi connectivity index (χ3v) is 5.97. The predicted molar refractivity (Wildman–Crippen MR) is 118 cm³/mol. The molecule has 0 aliphatic heterocycles. The number of nitrogens with zero attached hydrogens (tertiary/aromatic N) is 3. The van der Waals surface area contributed by atoms with Crippen molar-refractivity contribution < 1.29 is 12.2 Å². The number of pyridine rings is 2. The molecule has 3 heterocycles. The summed E-state index contributed by atoms with van der Waals surface area (Å²) in [6.45, 7) is -1.49. The number of aromatic nitrogens is 3. The zero-order chi connectivity index (χ0) is 23.0. The first-order chi connectivity index (χ1) is 15.9. The number of nitrogens with one attached hydrogen (secondary N) is 2. The van der Waals surface area contributed by atoms with Crippen LogP contribution in [0.3, 0.4) is 0 Å². The highest BCUT2D eigenvalue weighted by atomic mass is 19.1. The van der Waals surface area contributed by atoms with Gasteiger partial charge in [0.2, 0.25) is 0 Å². The Morgan fingerprint density at radius 2 is 2.03 bits per heavy atom. The van der Waals surface area contributed by atoms with Crippen LogP contribution < -0.4 is 10.6 Å². The molecule has 3 aromatic heterocycles. The molecule has 1 aliphatic rings. The van der Waals surface area contributed by atoms with Crippen LogP contribution in [0.25, 0.3) is 16.6 Å². The van der Waals surface area contributed by atoms with Gasteiger partial charge in [0.05, 0.1) is 11.6 Å². The number of fused-ring (bicyclic) bond motifs is 2. The van der Waals surface area contributed by atoms with Gasteiger partial charge >= 0.3 is 0 Å². The second-order valence-electron chi connectivity index (χ2n) is 8.05. The van der Waals surface area contributed by atoms with E-state index in [1.54, 1.807) is 41.2 Å². The lowest BCUT2D eigenvalue weighted by Gasteiger charge is -2.34. The van der Waals surface area contributed by atoms with Crippen molar-refractivity contribution in [2.45, 2.75) is 50.5 Å². The summed E-state index contributed by atoms with van der Waals surface area (Å²) in [5.41, 5.74) is 2.18. The van der Waals surface area contributed by atoms with E-state index in [2.05, 4.69) is 20.6 Å². The van der Waals surface area contributed by atoms with E-state index in [0.29, 0.717) is 48.1 Å². The van der Waals surface area contributed by atoms with E-state index in [4.69, 9.17) is 2.74 Å². The van der Waals surface area contributed by atoms with E-state index in [0.717, 1.165) is 5.39 Å². The smallest absolute Gasteiger partial charge is 0.141 e. The zero-order valence-corrected chi connectivity index (χ0v) is 17.0. The van der Waals surface area contributed by atoms with E-state index >= 15 is 0 Å². The Hall–Kier alpha value is -2.87. The van der Waals surface area contributed by atoms with Gasteiger partial charge in [-0.2, -0.15) is 0 Å². The molecule has 4 aromatic rings. The second kappa shape index (κ2) is 8.70. The minimum Gasteiger partial charge on any atom is -0.391 e. The van der Waals surface area contributed by atoms with E-state index in [9.17, 15) is 9.50 Å². The van der Waals surface area contributed by atoms with Gasteiger partial charge in [-0.05, 0) is 37.5 Å². The summed E-state index contributed by atoms with van der Waals surface area (Å²) in [5, 5.41) is 17.9. The van der Waals surface area contributed by atoms with Crippen molar-refractivity contribution in [1.29, 1.82) is 0 Å². The van der Waals surface area contributed by atoms with Crippen LogP contribution in [0, 0.1) is 5.82 Å². The van der Waals surface area contributed by atoms with Gasteiger partial charge in [0.25, 0.3) is 0 Å². The van der Waals surface area contributed by atoms with Gasteiger partial charge in [0.1, 0.15) is 11.5 Å². The van der Waals surface area contributed by atoms with Crippen LogP contribution in [0.15, 0.2) is 61.2 Å². The summed E-state index contributed by atoms with van der Waals surface area (Å²) in [6, 6.07) is 10.1. The minimum absolute atomic E-state index is 0.186. The number of hydrogen-bond acceptors (Lipinski definition) is 5. The number of aliphatic hydroxyl groups is 1. The topological polar surface area (TPSA) is 74.5 Å². The van der Waals surface area contributed by atoms with Crippen molar-refractivity contribution in [1.82, 2.24) is 25.0 Å². The molecule has 0 bridgehead atoms. The van der Waals surface area contributed by atoms with E-state index in [1.807, 2.05) is 18.3 Å². The van der Waals surface area contributed by atoms with Gasteiger partial charge in [-0.1, -0.05) is 12.1 Å². The second-order valence-corrected chi connectivity index (χ2v) is 8.05. The fraction of sp³-hybridized carbons (Fsp3) is 0.333. The van der Waals surface area contributed by atoms with Gasteiger partial charge in [-0.15, -0.1) is 0 Å². The van der Waals surface area contributed by atoms with Gasteiger partial charge in [-0.3, -0.25) is 4.98 Å². The van der Waals surface area contributed by atoms with Gasteiger partial charge < -0.3 is 20.1 Å². The number of imidazole rings is 1. The maximum atomic E-state index is 14.5. The lowest BCUT2D eigenvalue weighted by molar-refractivity contribution is 0.0741. The molecule has 1 fully saturated rings. The Labute approximate surface area is 183 Å². The molecule has 0 saturated heterocycles. The number of benzene rings is 1. The summed E-state index contributed by atoms with van der Waals surface area (Å²) in [5.74, 6) is -0.320. The van der Waals surface area contributed by atoms with Crippen molar-refractivity contribution in [3.63, 3.8) is 0 Å². The molecule has 1 saturated carbocycles. The van der Waals surface area contributed by atoms with Crippen LogP contribution in [0.1, 0.15) is 33.1 Å². The SMILES string of the molecule is [2H]C([2H])(N[C@H]1CC[C@H](NCc2cc3cccnc3cc2F)[C@H](O)C1)c1cccn2ccnc12. The Morgan fingerprint density at radius 3 is 2.94 bits per heavy atom. The molecule has 1 aliphatic carbocycles. The molecule has 0 amide bonds. The van der Waals surface area contributed by atoms with Crippen molar-refractivity contribution in [2.24, 2.45) is 0 Å². The zero-order valence-electron chi connectivity index (χ0n) is 19.0. The molecule has 160 valence electrons. The molecule has 7 heteroatoms. The largest absolute Gasteiger partial charge is 0.391 e. The van der Waals surface area contributed by atoms with Crippen molar-refractivity contribution >= 4 is 16.6 Å². The first kappa shape index (κ1) is 17.8. The van der Waals surface area contributed by atoms with Crippen LogP contribution in [-0.2, 0) is 13.0 Å². The quantitative estimate of drug-likeness (QED) is 0.446. The molecule has 0 unspecified atom stereocenters. The standard InChI is InChI=1S/C24H26FN5O/c25-20-13-22-16(3-1-7-26-22)11-18(20)15-29-21-6-5-19(12-23(21)31)28-14-17-4-2-9-30-10-8-27-24(17)30/h1-4,7-11,13,19,21,23,28-29,31H,5-6,12,14-15H2/t19-,21-,23+/m0/s1/i14D2. The van der Waals surface area contributed by atoms with Gasteiger partial charge in [-0.25, -0.2) is 9.37 Å². The molecular weight excluding hydrogens is 393 g/mol. The van der Waals surface area contributed by atoms with E-state index < -0.39 is 12.6 Å². The minimum atomic E-state index is -1.79. The molecule has 3 N–H and O–H groups in total. The molecule has 5 rings (SSSR count). The molecule has 1 aromatic carbocycles. The average Bonchev–Trinajstić information content (AvgIpc) is 3.27. The van der Waals surface area contributed by atoms with Crippen LogP contribution in [0.4, 0.5) is 4.39 Å². The molecule has 3 atom stereocenters. The third-order valence-electron chi connectivity index (χ3n) is 5.97. The van der Waals surface area contributed by atoms with Crippen molar-refractivity contribution in [3.8, 4) is 0 Å². The lowest BCUT2D eigenvalue weighted by atomic mass is 9.88.